The summed E-state index contributed by atoms with van der Waals surface area (Å²) in [6, 6.07) is 15.0. The van der Waals surface area contributed by atoms with Gasteiger partial charge < -0.3 is 14.2 Å². The Morgan fingerprint density at radius 3 is 2.44 bits per heavy atom. The van der Waals surface area contributed by atoms with Crippen molar-refractivity contribution in [3.8, 4) is 28.4 Å². The zero-order valence-electron chi connectivity index (χ0n) is 17.3. The third kappa shape index (κ3) is 4.81. The van der Waals surface area contributed by atoms with Gasteiger partial charge in [-0.25, -0.2) is 0 Å². The molecule has 9 heteroatoms. The molecule has 0 N–H and O–H groups in total. The van der Waals surface area contributed by atoms with E-state index in [9.17, 15) is 8.42 Å². The Morgan fingerprint density at radius 2 is 1.72 bits per heavy atom. The molecule has 1 aliphatic rings. The lowest BCUT2D eigenvalue weighted by molar-refractivity contribution is 0.0561. The predicted octanol–water partition coefficient (Wildman–Crippen LogP) is 5.52. The molecule has 3 aromatic carbocycles. The maximum absolute atomic E-state index is 12.5. The van der Waals surface area contributed by atoms with E-state index >= 15 is 0 Å². The molecule has 0 saturated carbocycles. The molecule has 3 aromatic rings. The Labute approximate surface area is 196 Å². The summed E-state index contributed by atoms with van der Waals surface area (Å²) in [4.78, 5) is 0.0800. The lowest BCUT2D eigenvalue weighted by Gasteiger charge is -2.28. The summed E-state index contributed by atoms with van der Waals surface area (Å²) in [7, 11) is -2.38. The van der Waals surface area contributed by atoms with E-state index < -0.39 is 16.2 Å². The summed E-state index contributed by atoms with van der Waals surface area (Å²) < 4.78 is 47.6. The summed E-state index contributed by atoms with van der Waals surface area (Å²) in [6.45, 7) is 1.76. The van der Waals surface area contributed by atoms with Crippen molar-refractivity contribution in [2.45, 2.75) is 17.9 Å². The van der Waals surface area contributed by atoms with Gasteiger partial charge in [-0.3, -0.25) is 4.18 Å². The molecule has 0 aliphatic carbocycles. The number of benzene rings is 3. The van der Waals surface area contributed by atoms with Crippen LogP contribution in [0.4, 0.5) is 0 Å². The molecule has 32 heavy (non-hydrogen) atoms. The predicted molar refractivity (Wildman–Crippen MR) is 123 cm³/mol. The minimum Gasteiger partial charge on any atom is -0.496 e. The molecule has 1 atom stereocenters. The molecule has 168 valence electrons. The van der Waals surface area contributed by atoms with E-state index in [4.69, 9.17) is 41.6 Å². The summed E-state index contributed by atoms with van der Waals surface area (Å²) in [5, 5.41) is 0.955. The zero-order chi connectivity index (χ0) is 22.9. The number of hydrogen-bond acceptors (Lipinski definition) is 6. The molecule has 0 spiro atoms. The van der Waals surface area contributed by atoms with Crippen molar-refractivity contribution in [3.05, 3.63) is 70.2 Å². The van der Waals surface area contributed by atoms with Gasteiger partial charge in [-0.05, 0) is 43.3 Å². The first-order chi connectivity index (χ1) is 15.3. The first kappa shape index (κ1) is 22.7. The van der Waals surface area contributed by atoms with E-state index in [-0.39, 0.29) is 18.1 Å². The second-order valence-corrected chi connectivity index (χ2v) is 9.72. The Bertz CT molecular complexity index is 1240. The number of fused-ring (bicyclic) bond motifs is 1. The second kappa shape index (κ2) is 9.19. The Balaban J connectivity index is 1.60. The minimum atomic E-state index is -3.93. The van der Waals surface area contributed by atoms with Crippen molar-refractivity contribution < 1.29 is 26.8 Å². The Hall–Kier alpha value is -2.45. The average Bonchev–Trinajstić information content (AvgIpc) is 2.77. The van der Waals surface area contributed by atoms with Gasteiger partial charge in [0.05, 0.1) is 12.0 Å². The highest BCUT2D eigenvalue weighted by Crippen LogP contribution is 2.46. The van der Waals surface area contributed by atoms with Crippen LogP contribution in [0.1, 0.15) is 5.56 Å². The van der Waals surface area contributed by atoms with E-state index in [2.05, 4.69) is 0 Å². The molecule has 0 amide bonds. The van der Waals surface area contributed by atoms with Crippen LogP contribution in [0.15, 0.2) is 59.5 Å². The molecule has 0 fully saturated rings. The highest BCUT2D eigenvalue weighted by atomic mass is 35.5. The van der Waals surface area contributed by atoms with Gasteiger partial charge in [-0.15, -0.1) is 0 Å². The van der Waals surface area contributed by atoms with Gasteiger partial charge in [-0.1, -0.05) is 40.9 Å². The number of hydrogen-bond donors (Lipinski definition) is 0. The molecule has 6 nitrogen and oxygen atoms in total. The van der Waals surface area contributed by atoms with E-state index in [0.29, 0.717) is 38.4 Å². The van der Waals surface area contributed by atoms with Crippen LogP contribution >= 0.6 is 23.2 Å². The second-order valence-electron chi connectivity index (χ2n) is 7.23. The van der Waals surface area contributed by atoms with Gasteiger partial charge >= 0.3 is 0 Å². The zero-order valence-corrected chi connectivity index (χ0v) is 19.6. The lowest BCUT2D eigenvalue weighted by atomic mass is 10.0. The molecular formula is C23H20Cl2O6S. The lowest BCUT2D eigenvalue weighted by Crippen LogP contribution is -2.34. The molecule has 0 unspecified atom stereocenters. The van der Waals surface area contributed by atoms with E-state index in [1.807, 2.05) is 6.92 Å². The van der Waals surface area contributed by atoms with Crippen LogP contribution in [0, 0.1) is 6.92 Å². The topological polar surface area (TPSA) is 71.1 Å². The van der Waals surface area contributed by atoms with E-state index in [1.54, 1.807) is 49.6 Å². The monoisotopic (exact) mass is 494 g/mol. The minimum absolute atomic E-state index is 0.0800. The maximum atomic E-state index is 12.5. The highest BCUT2D eigenvalue weighted by molar-refractivity contribution is 7.86. The average molecular weight is 495 g/mol. The number of halogens is 2. The van der Waals surface area contributed by atoms with Crippen LogP contribution < -0.4 is 14.2 Å². The smallest absolute Gasteiger partial charge is 0.297 e. The third-order valence-corrected chi connectivity index (χ3v) is 6.65. The summed E-state index contributed by atoms with van der Waals surface area (Å²) >= 11 is 12.5. The molecule has 0 saturated heterocycles. The summed E-state index contributed by atoms with van der Waals surface area (Å²) in [5.74, 6) is 1.41. The summed E-state index contributed by atoms with van der Waals surface area (Å²) in [5.41, 5.74) is 2.22. The van der Waals surface area contributed by atoms with Gasteiger partial charge in [-0.2, -0.15) is 8.42 Å². The fourth-order valence-corrected chi connectivity index (χ4v) is 4.61. The van der Waals surface area contributed by atoms with Gasteiger partial charge in [0.25, 0.3) is 10.1 Å². The highest BCUT2D eigenvalue weighted by Gasteiger charge is 2.28. The number of rotatable bonds is 6. The number of aryl methyl sites for hydroxylation is 1. The standard InChI is InChI=1S/C23H20Cl2O6S/c1-14-3-6-18(7-4-14)32(26,27)30-13-17-12-29-22-11-16(25)10-20(23(22)31-17)19-9-15(24)5-8-21(19)28-2/h3-11,17H,12-13H2,1-2H3/t17-/m1/s1. The first-order valence-electron chi connectivity index (χ1n) is 9.70. The van der Waals surface area contributed by atoms with Crippen LogP contribution in [0.25, 0.3) is 11.1 Å². The Kier molecular flexibility index (Phi) is 6.53. The van der Waals surface area contributed by atoms with Gasteiger partial charge in [0.1, 0.15) is 19.0 Å². The van der Waals surface area contributed by atoms with Crippen LogP contribution in [0.3, 0.4) is 0 Å². The van der Waals surface area contributed by atoms with Gasteiger partial charge in [0.2, 0.25) is 0 Å². The van der Waals surface area contributed by atoms with E-state index in [0.717, 1.165) is 5.56 Å². The van der Waals surface area contributed by atoms with Crippen molar-refractivity contribution in [3.63, 3.8) is 0 Å². The van der Waals surface area contributed by atoms with Crippen molar-refractivity contribution in [1.82, 2.24) is 0 Å². The SMILES string of the molecule is COc1ccc(Cl)cc1-c1cc(Cl)cc2c1O[C@@H](COS(=O)(=O)c1ccc(C)cc1)CO2. The molecule has 0 radical (unpaired) electrons. The third-order valence-electron chi connectivity index (χ3n) is 4.90. The van der Waals surface area contributed by atoms with Crippen LogP contribution in [-0.4, -0.2) is 34.8 Å². The molecule has 4 rings (SSSR count). The first-order valence-corrected chi connectivity index (χ1v) is 11.9. The summed E-state index contributed by atoms with van der Waals surface area (Å²) in [6.07, 6.45) is -0.659. The molecule has 0 aromatic heterocycles. The molecule has 0 bridgehead atoms. The van der Waals surface area contributed by atoms with Crippen molar-refractivity contribution in [2.24, 2.45) is 0 Å². The quantitative estimate of drug-likeness (QED) is 0.420. The van der Waals surface area contributed by atoms with Crippen molar-refractivity contribution in [1.29, 1.82) is 0 Å². The number of ether oxygens (including phenoxy) is 3. The van der Waals surface area contributed by atoms with Crippen LogP contribution in [-0.2, 0) is 14.3 Å². The fourth-order valence-electron chi connectivity index (χ4n) is 3.29. The van der Waals surface area contributed by atoms with Crippen molar-refractivity contribution in [2.75, 3.05) is 20.3 Å². The molecule has 1 heterocycles. The van der Waals surface area contributed by atoms with Gasteiger partial charge in [0.15, 0.2) is 17.6 Å². The van der Waals surface area contributed by atoms with Crippen molar-refractivity contribution >= 4 is 33.3 Å². The molecular weight excluding hydrogens is 475 g/mol. The Morgan fingerprint density at radius 1 is 1.00 bits per heavy atom. The van der Waals surface area contributed by atoms with Crippen LogP contribution in [0.5, 0.6) is 17.2 Å². The van der Waals surface area contributed by atoms with E-state index in [1.165, 1.54) is 12.1 Å². The van der Waals surface area contributed by atoms with Gasteiger partial charge in [0, 0.05) is 27.2 Å². The van der Waals surface area contributed by atoms with Crippen LogP contribution in [0.2, 0.25) is 10.0 Å². The normalized spacial score (nSPS) is 15.4. The largest absolute Gasteiger partial charge is 0.496 e. The maximum Gasteiger partial charge on any atom is 0.297 e. The molecule has 1 aliphatic heterocycles. The fraction of sp³-hybridized carbons (Fsp3) is 0.217. The number of methoxy groups -OCH3 is 1.